The standard InChI is InChI=1S/C21H35N5O5.C15H23N7O3/c1-20(2,3)14-10-13(11-15(17(14)27)21(4,5)6)12-24-16(18(28)29)8-7-9-23-19(22)25-26(30)31;1-21-8-6-10-9-11(4-5-13(10)21)19-14(23)12(16)3-2-7-18-15(17)20-22(24)25/h10-11,16,24,27H,7-9,12H2,1-6H3,(H,28,29)(H3,22,23,25);4-5,9,12H,2-3,6-8,16H2,1H3,(H,19,23)(H3,17,18,20)/t;12-/m.0/s1. The number of hydrogen-bond donors (Lipinski definition) is 11. The zero-order valence-electron chi connectivity index (χ0n) is 33.2. The molecule has 2 aromatic carbocycles. The molecule has 2 aromatic rings. The Balaban J connectivity index is 0.000000395. The number of nitrogens with zero attached hydrogens (tertiary/aromatic N) is 3. The summed E-state index contributed by atoms with van der Waals surface area (Å²) in [5, 5.41) is 64.5. The molecule has 20 heteroatoms. The number of anilines is 2. The number of aliphatic carboxylic acids is 1. The Morgan fingerprint density at radius 1 is 0.911 bits per heavy atom. The van der Waals surface area contributed by atoms with Crippen molar-refractivity contribution in [2.75, 3.05) is 36.9 Å². The number of nitrogens with one attached hydrogen (secondary N) is 8. The summed E-state index contributed by atoms with van der Waals surface area (Å²) in [5.74, 6) is -1.84. The van der Waals surface area contributed by atoms with Gasteiger partial charge in [-0.1, -0.05) is 64.5 Å². The smallest absolute Gasteiger partial charge is 0.320 e. The lowest BCUT2D eigenvalue weighted by Gasteiger charge is -2.28. The predicted octanol–water partition coefficient (Wildman–Crippen LogP) is 2.65. The second-order valence-corrected chi connectivity index (χ2v) is 15.5. The average molecular weight is 787 g/mol. The van der Waals surface area contributed by atoms with E-state index in [0.717, 1.165) is 35.3 Å². The topological polar surface area (TPSA) is 310 Å². The molecule has 0 saturated heterocycles. The summed E-state index contributed by atoms with van der Waals surface area (Å²) < 4.78 is 0. The number of fused-ring (bicyclic) bond motifs is 1. The van der Waals surface area contributed by atoms with Gasteiger partial charge in [0.25, 0.3) is 11.9 Å². The molecule has 0 saturated carbocycles. The van der Waals surface area contributed by atoms with Gasteiger partial charge >= 0.3 is 5.97 Å². The number of rotatable bonds is 16. The van der Waals surface area contributed by atoms with Crippen molar-refractivity contribution in [3.8, 4) is 5.75 Å². The summed E-state index contributed by atoms with van der Waals surface area (Å²) in [6, 6.07) is 8.12. The van der Waals surface area contributed by atoms with E-state index in [4.69, 9.17) is 16.6 Å². The molecule has 2 atom stereocenters. The van der Waals surface area contributed by atoms with Gasteiger partial charge in [-0.2, -0.15) is 0 Å². The van der Waals surface area contributed by atoms with Crippen LogP contribution in [0.1, 0.15) is 89.5 Å². The number of carboxylic acid groups (broad SMARTS) is 1. The van der Waals surface area contributed by atoms with E-state index < -0.39 is 40.0 Å². The lowest BCUT2D eigenvalue weighted by Crippen LogP contribution is -2.41. The van der Waals surface area contributed by atoms with Crippen LogP contribution in [-0.2, 0) is 33.4 Å². The second kappa shape index (κ2) is 20.8. The lowest BCUT2D eigenvalue weighted by atomic mass is 9.78. The van der Waals surface area contributed by atoms with Gasteiger partial charge in [0.1, 0.15) is 11.8 Å². The molecule has 0 spiro atoms. The van der Waals surface area contributed by atoms with Crippen molar-refractivity contribution in [3.63, 3.8) is 0 Å². The van der Waals surface area contributed by atoms with Gasteiger partial charge < -0.3 is 42.1 Å². The fraction of sp³-hybridized carbons (Fsp3) is 0.556. The second-order valence-electron chi connectivity index (χ2n) is 15.5. The third kappa shape index (κ3) is 15.5. The van der Waals surface area contributed by atoms with Crippen molar-refractivity contribution in [2.45, 2.75) is 103 Å². The molecule has 0 bridgehead atoms. The third-order valence-electron chi connectivity index (χ3n) is 8.82. The number of phenols is 1. The zero-order valence-corrected chi connectivity index (χ0v) is 33.2. The monoisotopic (exact) mass is 786 g/mol. The van der Waals surface area contributed by atoms with E-state index in [1.54, 1.807) is 10.9 Å². The van der Waals surface area contributed by atoms with Crippen molar-refractivity contribution in [3.05, 3.63) is 72.8 Å². The first kappa shape index (κ1) is 46.4. The molecule has 1 amide bonds. The lowest BCUT2D eigenvalue weighted by molar-refractivity contribution is -0.525. The Hall–Kier alpha value is -5.76. The van der Waals surface area contributed by atoms with Gasteiger partial charge in [-0.3, -0.25) is 20.4 Å². The molecule has 0 aliphatic carbocycles. The number of benzene rings is 2. The minimum absolute atomic E-state index is 0.229. The number of amides is 1. The van der Waals surface area contributed by atoms with Gasteiger partial charge in [-0.05, 0) is 83.4 Å². The number of hydrazine groups is 2. The van der Waals surface area contributed by atoms with Crippen LogP contribution in [0.4, 0.5) is 11.4 Å². The van der Waals surface area contributed by atoms with Gasteiger partial charge in [-0.15, -0.1) is 0 Å². The number of phenolic OH excluding ortho intramolecular Hbond substituents is 1. The van der Waals surface area contributed by atoms with E-state index in [2.05, 4.69) is 26.2 Å². The fourth-order valence-electron chi connectivity index (χ4n) is 5.82. The van der Waals surface area contributed by atoms with Crippen LogP contribution in [0.3, 0.4) is 0 Å². The first-order valence-electron chi connectivity index (χ1n) is 18.2. The Morgan fingerprint density at radius 2 is 1.43 bits per heavy atom. The van der Waals surface area contributed by atoms with Crippen LogP contribution in [0, 0.1) is 31.0 Å². The van der Waals surface area contributed by atoms with Gasteiger partial charge in [0.2, 0.25) is 5.91 Å². The molecular formula is C36H58N12O8. The summed E-state index contributed by atoms with van der Waals surface area (Å²) in [7, 11) is 2.04. The largest absolute Gasteiger partial charge is 0.507 e. The summed E-state index contributed by atoms with van der Waals surface area (Å²) in [4.78, 5) is 46.3. The molecule has 3 rings (SSSR count). The Morgan fingerprint density at radius 3 is 1.91 bits per heavy atom. The molecule has 1 aliphatic heterocycles. The van der Waals surface area contributed by atoms with Crippen LogP contribution in [0.15, 0.2) is 30.3 Å². The normalized spacial score (nSPS) is 13.2. The van der Waals surface area contributed by atoms with Crippen LogP contribution in [0.5, 0.6) is 5.75 Å². The Labute approximate surface area is 326 Å². The van der Waals surface area contributed by atoms with E-state index >= 15 is 0 Å². The van der Waals surface area contributed by atoms with Gasteiger partial charge in [0.05, 0.1) is 6.04 Å². The number of nitro groups is 2. The number of hydrogen-bond acceptors (Lipinski definition) is 12. The number of aromatic hydroxyl groups is 1. The number of nitrogens with two attached hydrogens (primary N) is 1. The van der Waals surface area contributed by atoms with Crippen molar-refractivity contribution in [1.82, 2.24) is 26.8 Å². The quantitative estimate of drug-likeness (QED) is 0.0383. The summed E-state index contributed by atoms with van der Waals surface area (Å²) in [5.41, 5.74) is 14.3. The number of likely N-dealkylation sites (N-methyl/N-ethyl adjacent to an activating group) is 1. The molecule has 1 unspecified atom stereocenters. The van der Waals surface area contributed by atoms with E-state index in [1.165, 1.54) is 11.3 Å². The summed E-state index contributed by atoms with van der Waals surface area (Å²) in [6.45, 7) is 13.9. The number of carboxylic acids is 1. The Kier molecular flexibility index (Phi) is 17.2. The molecule has 0 aromatic heterocycles. The molecular weight excluding hydrogens is 728 g/mol. The van der Waals surface area contributed by atoms with Crippen molar-refractivity contribution < 1.29 is 29.9 Å². The molecule has 0 fully saturated rings. The molecule has 56 heavy (non-hydrogen) atoms. The van der Waals surface area contributed by atoms with Gasteiger partial charge in [0.15, 0.2) is 10.1 Å². The number of carbonyl (C=O) groups excluding carboxylic acids is 1. The number of carbonyl (C=O) groups is 2. The van der Waals surface area contributed by atoms with E-state index in [9.17, 15) is 40.0 Å². The highest BCUT2D eigenvalue weighted by Crippen LogP contribution is 2.39. The third-order valence-corrected chi connectivity index (χ3v) is 8.82. The van der Waals surface area contributed by atoms with E-state index in [-0.39, 0.29) is 35.5 Å². The van der Waals surface area contributed by atoms with Crippen molar-refractivity contribution >= 4 is 35.2 Å². The SMILES string of the molecule is CC(C)(C)c1cc(CNC(CCCNC(=N)N[N+](=O)[O-])C(=O)O)cc(C(C)(C)C)c1O.CN1CCc2cc(NC(=O)[C@@H](N)CCCNC(=N)N[N+](=O)[O-])ccc21. The summed E-state index contributed by atoms with van der Waals surface area (Å²) >= 11 is 0. The van der Waals surface area contributed by atoms with Crippen LogP contribution < -0.4 is 42.8 Å². The molecule has 12 N–H and O–H groups in total. The first-order chi connectivity index (χ1) is 26.0. The van der Waals surface area contributed by atoms with Crippen molar-refractivity contribution in [1.29, 1.82) is 10.8 Å². The van der Waals surface area contributed by atoms with Crippen LogP contribution in [0.2, 0.25) is 0 Å². The predicted molar refractivity (Wildman–Crippen MR) is 214 cm³/mol. The van der Waals surface area contributed by atoms with Gasteiger partial charge in [-0.25, -0.2) is 20.2 Å². The highest BCUT2D eigenvalue weighted by molar-refractivity contribution is 5.95. The van der Waals surface area contributed by atoms with E-state index in [1.807, 2.05) is 78.9 Å². The molecule has 310 valence electrons. The van der Waals surface area contributed by atoms with E-state index in [0.29, 0.717) is 32.4 Å². The molecule has 1 heterocycles. The average Bonchev–Trinajstić information content (AvgIpc) is 3.44. The molecule has 1 aliphatic rings. The molecule has 0 radical (unpaired) electrons. The maximum Gasteiger partial charge on any atom is 0.320 e. The van der Waals surface area contributed by atoms with Crippen LogP contribution in [0.25, 0.3) is 0 Å². The fourth-order valence-corrected chi connectivity index (χ4v) is 5.82. The number of guanidine groups is 2. The maximum absolute atomic E-state index is 12.1. The molecule has 20 nitrogen and oxygen atoms in total. The van der Waals surface area contributed by atoms with Gasteiger partial charge in [0, 0.05) is 44.6 Å². The highest BCUT2D eigenvalue weighted by Gasteiger charge is 2.27. The Bertz CT molecular complexity index is 1690. The minimum Gasteiger partial charge on any atom is -0.507 e. The minimum atomic E-state index is -0.996. The van der Waals surface area contributed by atoms with Crippen molar-refractivity contribution in [2.24, 2.45) is 5.73 Å². The zero-order chi connectivity index (χ0) is 42.4. The summed E-state index contributed by atoms with van der Waals surface area (Å²) in [6.07, 6.45) is 2.55. The van der Waals surface area contributed by atoms with Crippen LogP contribution >= 0.6 is 0 Å². The highest BCUT2D eigenvalue weighted by atomic mass is 16.7. The van der Waals surface area contributed by atoms with Crippen LogP contribution in [-0.4, -0.2) is 82.8 Å². The maximum atomic E-state index is 12.1. The first-order valence-corrected chi connectivity index (χ1v) is 18.2.